The molecule has 0 radical (unpaired) electrons. The monoisotopic (exact) mass is 549 g/mol. The summed E-state index contributed by atoms with van der Waals surface area (Å²) in [5.74, 6) is 1.73. The number of aliphatic carboxylic acids is 1. The minimum Gasteiger partial charge on any atom is -0.493 e. The summed E-state index contributed by atoms with van der Waals surface area (Å²) in [5, 5.41) is 12.7. The Morgan fingerprint density at radius 3 is 2.56 bits per heavy atom. The predicted molar refractivity (Wildman–Crippen MR) is 154 cm³/mol. The van der Waals surface area contributed by atoms with E-state index in [4.69, 9.17) is 9.47 Å². The lowest BCUT2D eigenvalue weighted by atomic mass is 9.92. The van der Waals surface area contributed by atoms with Gasteiger partial charge in [0.15, 0.2) is 0 Å². The molecule has 8 heteroatoms. The van der Waals surface area contributed by atoms with Gasteiger partial charge in [-0.05, 0) is 83.5 Å². The molecule has 0 unspecified atom stereocenters. The Morgan fingerprint density at radius 1 is 1.08 bits per heavy atom. The van der Waals surface area contributed by atoms with Gasteiger partial charge in [-0.15, -0.1) is 0 Å². The molecule has 0 bridgehead atoms. The molecule has 2 aliphatic heterocycles. The first kappa shape index (κ1) is 26.0. The van der Waals surface area contributed by atoms with Crippen molar-refractivity contribution in [2.75, 3.05) is 23.4 Å². The van der Waals surface area contributed by atoms with Crippen LogP contribution in [0.4, 0.5) is 5.69 Å². The van der Waals surface area contributed by atoms with Crippen LogP contribution in [0, 0.1) is 12.8 Å². The SMILES string of the molecule is Cc1cc(OC2CCS(O)(O)CC2)cc2c1-c1cc(CNc3ccc([C@H]4C[C@@H]4C(=O)O)cc3)ccc1OCC2. The normalized spacial score (nSPS) is 22.4. The van der Waals surface area contributed by atoms with Crippen molar-refractivity contribution in [3.05, 3.63) is 76.9 Å². The Bertz CT molecular complexity index is 1380. The van der Waals surface area contributed by atoms with Crippen molar-refractivity contribution in [2.24, 2.45) is 5.92 Å². The molecule has 7 nitrogen and oxygen atoms in total. The van der Waals surface area contributed by atoms with Gasteiger partial charge in [0.25, 0.3) is 0 Å². The fourth-order valence-electron chi connectivity index (χ4n) is 5.84. The van der Waals surface area contributed by atoms with Crippen LogP contribution in [-0.2, 0) is 17.8 Å². The van der Waals surface area contributed by atoms with Crippen molar-refractivity contribution >= 4 is 22.2 Å². The number of hydrogen-bond acceptors (Lipinski definition) is 6. The first-order valence-corrected chi connectivity index (χ1v) is 15.5. The summed E-state index contributed by atoms with van der Waals surface area (Å²) in [5.41, 5.74) is 7.84. The Kier molecular flexibility index (Phi) is 6.95. The molecule has 2 fully saturated rings. The molecule has 0 aromatic heterocycles. The van der Waals surface area contributed by atoms with E-state index in [-0.39, 0.29) is 17.9 Å². The van der Waals surface area contributed by atoms with Gasteiger partial charge >= 0.3 is 5.97 Å². The third-order valence-electron chi connectivity index (χ3n) is 8.11. The van der Waals surface area contributed by atoms with Crippen molar-refractivity contribution in [1.29, 1.82) is 0 Å². The van der Waals surface area contributed by atoms with Crippen molar-refractivity contribution in [2.45, 2.75) is 51.2 Å². The largest absolute Gasteiger partial charge is 0.493 e. The molecule has 3 aromatic rings. The summed E-state index contributed by atoms with van der Waals surface area (Å²) in [7, 11) is -2.42. The summed E-state index contributed by atoms with van der Waals surface area (Å²) in [6, 6.07) is 18.6. The van der Waals surface area contributed by atoms with Crippen LogP contribution in [0.2, 0.25) is 0 Å². The highest BCUT2D eigenvalue weighted by Gasteiger charge is 2.44. The van der Waals surface area contributed by atoms with Gasteiger partial charge in [-0.1, -0.05) is 18.2 Å². The molecule has 206 valence electrons. The molecule has 0 amide bonds. The highest BCUT2D eigenvalue weighted by atomic mass is 32.3. The van der Waals surface area contributed by atoms with Crippen LogP contribution < -0.4 is 14.8 Å². The number of rotatable bonds is 7. The smallest absolute Gasteiger partial charge is 0.307 e. The van der Waals surface area contributed by atoms with E-state index in [1.807, 2.05) is 30.3 Å². The van der Waals surface area contributed by atoms with E-state index in [9.17, 15) is 19.0 Å². The van der Waals surface area contributed by atoms with Crippen molar-refractivity contribution in [1.82, 2.24) is 0 Å². The fourth-order valence-corrected chi connectivity index (χ4v) is 7.32. The second-order valence-corrected chi connectivity index (χ2v) is 13.4. The van der Waals surface area contributed by atoms with Gasteiger partial charge in [0, 0.05) is 48.6 Å². The quantitative estimate of drug-likeness (QED) is 0.260. The summed E-state index contributed by atoms with van der Waals surface area (Å²) >= 11 is 0. The number of benzene rings is 3. The zero-order valence-electron chi connectivity index (χ0n) is 22.1. The molecule has 3 aliphatic rings. The summed E-state index contributed by atoms with van der Waals surface area (Å²) < 4.78 is 32.2. The van der Waals surface area contributed by atoms with Gasteiger partial charge in [0.1, 0.15) is 17.6 Å². The number of hydrogen-bond donors (Lipinski definition) is 4. The minimum atomic E-state index is -2.42. The maximum Gasteiger partial charge on any atom is 0.307 e. The number of anilines is 1. The average Bonchev–Trinajstić information content (AvgIpc) is 3.73. The zero-order chi connectivity index (χ0) is 27.1. The number of ether oxygens (including phenoxy) is 2. The molecule has 39 heavy (non-hydrogen) atoms. The Morgan fingerprint density at radius 2 is 1.85 bits per heavy atom. The number of nitrogens with one attached hydrogen (secondary N) is 1. The maximum absolute atomic E-state index is 11.2. The van der Waals surface area contributed by atoms with E-state index < -0.39 is 16.6 Å². The maximum atomic E-state index is 11.2. The topological polar surface area (TPSA) is 108 Å². The predicted octanol–water partition coefficient (Wildman–Crippen LogP) is 6.69. The molecule has 4 N–H and O–H groups in total. The van der Waals surface area contributed by atoms with Gasteiger partial charge in [-0.2, -0.15) is 10.6 Å². The molecule has 1 saturated carbocycles. The van der Waals surface area contributed by atoms with Gasteiger partial charge in [0.2, 0.25) is 0 Å². The van der Waals surface area contributed by atoms with Crippen LogP contribution in [0.15, 0.2) is 54.6 Å². The Balaban J connectivity index is 1.17. The number of aryl methyl sites for hydroxylation is 1. The van der Waals surface area contributed by atoms with Crippen LogP contribution in [0.5, 0.6) is 11.5 Å². The lowest BCUT2D eigenvalue weighted by Gasteiger charge is -2.39. The molecule has 2 atom stereocenters. The van der Waals surface area contributed by atoms with Crippen molar-refractivity contribution in [3.63, 3.8) is 0 Å². The third-order valence-corrected chi connectivity index (χ3v) is 9.89. The molecular formula is C31H35NO6S. The van der Waals surface area contributed by atoms with E-state index in [0.717, 1.165) is 52.3 Å². The highest BCUT2D eigenvalue weighted by molar-refractivity contribution is 8.24. The molecule has 3 aromatic carbocycles. The van der Waals surface area contributed by atoms with Gasteiger partial charge in [-0.3, -0.25) is 13.9 Å². The Labute approximate surface area is 230 Å². The van der Waals surface area contributed by atoms with E-state index >= 15 is 0 Å². The van der Waals surface area contributed by atoms with Gasteiger partial charge in [0.05, 0.1) is 12.5 Å². The van der Waals surface area contributed by atoms with Crippen LogP contribution in [0.25, 0.3) is 11.1 Å². The fraction of sp³-hybridized carbons (Fsp3) is 0.387. The van der Waals surface area contributed by atoms with E-state index in [1.165, 1.54) is 11.1 Å². The van der Waals surface area contributed by atoms with Crippen molar-refractivity contribution in [3.8, 4) is 22.6 Å². The molecular weight excluding hydrogens is 514 g/mol. The first-order chi connectivity index (χ1) is 18.8. The summed E-state index contributed by atoms with van der Waals surface area (Å²) in [6.45, 7) is 3.37. The highest BCUT2D eigenvalue weighted by Crippen LogP contribution is 2.48. The average molecular weight is 550 g/mol. The summed E-state index contributed by atoms with van der Waals surface area (Å²) in [4.78, 5) is 11.2. The van der Waals surface area contributed by atoms with E-state index in [2.05, 4.69) is 36.5 Å². The second-order valence-electron chi connectivity index (χ2n) is 11.0. The number of fused-ring (bicyclic) bond motifs is 3. The van der Waals surface area contributed by atoms with Crippen LogP contribution in [0.3, 0.4) is 0 Å². The molecule has 0 spiro atoms. The first-order valence-electron chi connectivity index (χ1n) is 13.6. The van der Waals surface area contributed by atoms with Crippen LogP contribution in [-0.4, -0.2) is 44.4 Å². The lowest BCUT2D eigenvalue weighted by Crippen LogP contribution is -2.28. The number of carbonyl (C=O) groups is 1. The third kappa shape index (κ3) is 5.73. The molecule has 6 rings (SSSR count). The van der Waals surface area contributed by atoms with Gasteiger partial charge in [-0.25, -0.2) is 0 Å². The van der Waals surface area contributed by atoms with Gasteiger partial charge < -0.3 is 19.9 Å². The summed E-state index contributed by atoms with van der Waals surface area (Å²) in [6.07, 6.45) is 2.84. The van der Waals surface area contributed by atoms with Crippen LogP contribution in [0.1, 0.15) is 47.4 Å². The van der Waals surface area contributed by atoms with E-state index in [1.54, 1.807) is 0 Å². The standard InChI is InChI=1S/C31H35NO6S/c1-19-14-25(38-24-9-12-39(35,36)13-10-24)16-22-8-11-37-29-7-2-20(15-28(29)30(19)22)18-32-23-5-3-21(4-6-23)26-17-27(26)31(33)34/h2-7,14-16,24,26-27,32,35-36H,8-13,17-18H2,1H3,(H,33,34)/t26-,27+/m1/s1. The Hall–Kier alpha value is -3.20. The second kappa shape index (κ2) is 10.4. The lowest BCUT2D eigenvalue weighted by molar-refractivity contribution is -0.138. The minimum absolute atomic E-state index is 0.00584. The zero-order valence-corrected chi connectivity index (χ0v) is 22.9. The molecule has 2 heterocycles. The van der Waals surface area contributed by atoms with Crippen molar-refractivity contribution < 1.29 is 28.5 Å². The number of carboxylic acid groups (broad SMARTS) is 1. The van der Waals surface area contributed by atoms with E-state index in [0.29, 0.717) is 37.5 Å². The number of carboxylic acids is 1. The molecule has 1 aliphatic carbocycles. The van der Waals surface area contributed by atoms with Crippen LogP contribution >= 0.6 is 10.6 Å². The molecule has 1 saturated heterocycles.